The van der Waals surface area contributed by atoms with Crippen molar-refractivity contribution in [1.29, 1.82) is 0 Å². The summed E-state index contributed by atoms with van der Waals surface area (Å²) in [6.45, 7) is 4.16. The predicted molar refractivity (Wildman–Crippen MR) is 153 cm³/mol. The monoisotopic (exact) mass is 645 g/mol. The SMILES string of the molecule is CCOC(=O)C1=C(C)NC2=C(C(=O)c3ccccc32)[C@@H]1c1ccc(OCc2ccc(Cl)c(Cl)c2)c(I)c1. The molecule has 0 amide bonds. The predicted octanol–water partition coefficient (Wildman–Crippen LogP) is 7.31. The summed E-state index contributed by atoms with van der Waals surface area (Å²) in [5, 5.41) is 4.28. The third-order valence-corrected chi connectivity index (χ3v) is 7.99. The largest absolute Gasteiger partial charge is 0.488 e. The number of dihydropyridines is 1. The number of hydrogen-bond donors (Lipinski definition) is 1. The number of ether oxygens (including phenoxy) is 2. The van der Waals surface area contributed by atoms with Crippen molar-refractivity contribution in [2.75, 3.05) is 6.61 Å². The van der Waals surface area contributed by atoms with Crippen LogP contribution < -0.4 is 10.1 Å². The Balaban J connectivity index is 1.52. The average Bonchev–Trinajstić information content (AvgIpc) is 3.16. The van der Waals surface area contributed by atoms with Gasteiger partial charge in [-0.05, 0) is 71.8 Å². The maximum absolute atomic E-state index is 13.6. The van der Waals surface area contributed by atoms with Crippen LogP contribution in [0.1, 0.15) is 46.8 Å². The lowest BCUT2D eigenvalue weighted by Crippen LogP contribution is -2.29. The third kappa shape index (κ3) is 4.78. The molecule has 0 saturated heterocycles. The Bertz CT molecular complexity index is 1510. The molecule has 0 bridgehead atoms. The molecule has 8 heteroatoms. The van der Waals surface area contributed by atoms with Crippen molar-refractivity contribution < 1.29 is 19.1 Å². The zero-order valence-corrected chi connectivity index (χ0v) is 23.7. The van der Waals surface area contributed by atoms with Gasteiger partial charge < -0.3 is 14.8 Å². The van der Waals surface area contributed by atoms with Crippen molar-refractivity contribution >= 4 is 63.2 Å². The number of nitrogens with one attached hydrogen (secondary N) is 1. The van der Waals surface area contributed by atoms with E-state index in [-0.39, 0.29) is 12.4 Å². The zero-order chi connectivity index (χ0) is 26.3. The summed E-state index contributed by atoms with van der Waals surface area (Å²) in [7, 11) is 0. The number of carbonyl (C=O) groups is 2. The quantitative estimate of drug-likeness (QED) is 0.225. The molecule has 3 aromatic rings. The second kappa shape index (κ2) is 10.5. The summed E-state index contributed by atoms with van der Waals surface area (Å²) >= 11 is 14.4. The van der Waals surface area contributed by atoms with Crippen LogP contribution in [0.25, 0.3) is 5.70 Å². The Kier molecular flexibility index (Phi) is 7.34. The number of benzene rings is 3. The zero-order valence-electron chi connectivity index (χ0n) is 20.0. The van der Waals surface area contributed by atoms with Crippen molar-refractivity contribution in [2.24, 2.45) is 0 Å². The molecule has 1 heterocycles. The van der Waals surface area contributed by atoms with E-state index in [4.69, 9.17) is 32.7 Å². The summed E-state index contributed by atoms with van der Waals surface area (Å²) in [4.78, 5) is 26.7. The van der Waals surface area contributed by atoms with E-state index in [1.54, 1.807) is 19.1 Å². The van der Waals surface area contributed by atoms with Crippen LogP contribution in [0, 0.1) is 3.57 Å². The van der Waals surface area contributed by atoms with E-state index >= 15 is 0 Å². The maximum Gasteiger partial charge on any atom is 0.336 e. The van der Waals surface area contributed by atoms with Gasteiger partial charge in [0, 0.05) is 28.3 Å². The Hall–Kier alpha value is -2.81. The normalized spacial score (nSPS) is 16.4. The van der Waals surface area contributed by atoms with Gasteiger partial charge in [-0.25, -0.2) is 4.79 Å². The molecule has 5 rings (SSSR count). The highest BCUT2D eigenvalue weighted by Gasteiger charge is 2.43. The van der Waals surface area contributed by atoms with Gasteiger partial charge in [0.25, 0.3) is 0 Å². The molecular weight excluding hydrogens is 624 g/mol. The van der Waals surface area contributed by atoms with Crippen LogP contribution in [0.4, 0.5) is 0 Å². The number of esters is 1. The van der Waals surface area contributed by atoms with Crippen LogP contribution in [0.5, 0.6) is 5.75 Å². The topological polar surface area (TPSA) is 64.6 Å². The van der Waals surface area contributed by atoms with E-state index in [1.165, 1.54) is 0 Å². The number of Topliss-reactive ketones (excluding diaryl/α,β-unsaturated/α-hetero) is 1. The fourth-order valence-corrected chi connectivity index (χ4v) is 5.76. The van der Waals surface area contributed by atoms with Gasteiger partial charge in [0.15, 0.2) is 5.78 Å². The number of allylic oxidation sites excluding steroid dienone is 2. The maximum atomic E-state index is 13.6. The summed E-state index contributed by atoms with van der Waals surface area (Å²) < 4.78 is 12.3. The van der Waals surface area contributed by atoms with Crippen LogP contribution in [-0.4, -0.2) is 18.4 Å². The van der Waals surface area contributed by atoms with E-state index in [1.807, 2.05) is 55.5 Å². The van der Waals surface area contributed by atoms with Crippen LogP contribution >= 0.6 is 45.8 Å². The van der Waals surface area contributed by atoms with E-state index < -0.39 is 11.9 Å². The minimum atomic E-state index is -0.576. The molecule has 2 aliphatic rings. The summed E-state index contributed by atoms with van der Waals surface area (Å²) in [6, 6.07) is 18.6. The number of carbonyl (C=O) groups excluding carboxylic acids is 2. The van der Waals surface area contributed by atoms with Crippen molar-refractivity contribution in [3.05, 3.63) is 113 Å². The fraction of sp³-hybridized carbons (Fsp3) is 0.172. The highest BCUT2D eigenvalue weighted by molar-refractivity contribution is 14.1. The molecule has 0 aromatic heterocycles. The lowest BCUT2D eigenvalue weighted by atomic mass is 9.80. The number of ketones is 1. The molecule has 0 spiro atoms. The third-order valence-electron chi connectivity index (χ3n) is 6.41. The lowest BCUT2D eigenvalue weighted by molar-refractivity contribution is -0.138. The molecule has 1 atom stereocenters. The highest BCUT2D eigenvalue weighted by atomic mass is 127. The summed E-state index contributed by atoms with van der Waals surface area (Å²) in [5.41, 5.74) is 5.55. The first kappa shape index (κ1) is 25.8. The highest BCUT2D eigenvalue weighted by Crippen LogP contribution is 2.47. The molecule has 188 valence electrons. The van der Waals surface area contributed by atoms with Gasteiger partial charge in [0.2, 0.25) is 0 Å². The van der Waals surface area contributed by atoms with Gasteiger partial charge in [0.1, 0.15) is 12.4 Å². The first-order valence-corrected chi connectivity index (χ1v) is 13.5. The van der Waals surface area contributed by atoms with E-state index in [0.29, 0.717) is 44.8 Å². The summed E-state index contributed by atoms with van der Waals surface area (Å²) in [5.74, 6) is -0.430. The minimum Gasteiger partial charge on any atom is -0.488 e. The lowest BCUT2D eigenvalue weighted by Gasteiger charge is -2.29. The molecular formula is C29H22Cl2INO4. The molecule has 3 aromatic carbocycles. The molecule has 37 heavy (non-hydrogen) atoms. The Morgan fingerprint density at radius 2 is 1.78 bits per heavy atom. The molecule has 1 N–H and O–H groups in total. The second-order valence-electron chi connectivity index (χ2n) is 8.71. The molecule has 0 radical (unpaired) electrons. The number of hydrogen-bond acceptors (Lipinski definition) is 5. The smallest absolute Gasteiger partial charge is 0.336 e. The fourth-order valence-electron chi connectivity index (χ4n) is 4.75. The van der Waals surface area contributed by atoms with E-state index in [2.05, 4.69) is 27.9 Å². The number of fused-ring (bicyclic) bond motifs is 2. The second-order valence-corrected chi connectivity index (χ2v) is 10.7. The van der Waals surface area contributed by atoms with Gasteiger partial charge in [0.05, 0.1) is 31.5 Å². The van der Waals surface area contributed by atoms with Gasteiger partial charge in [-0.2, -0.15) is 0 Å². The number of rotatable bonds is 6. The average molecular weight is 646 g/mol. The van der Waals surface area contributed by atoms with Gasteiger partial charge in [-0.15, -0.1) is 0 Å². The van der Waals surface area contributed by atoms with Crippen molar-refractivity contribution in [2.45, 2.75) is 26.4 Å². The molecule has 0 unspecified atom stereocenters. The van der Waals surface area contributed by atoms with E-state index in [9.17, 15) is 9.59 Å². The Morgan fingerprint density at radius 3 is 2.49 bits per heavy atom. The van der Waals surface area contributed by atoms with Gasteiger partial charge in [-0.3, -0.25) is 4.79 Å². The Morgan fingerprint density at radius 1 is 1.03 bits per heavy atom. The van der Waals surface area contributed by atoms with Crippen LogP contribution in [-0.2, 0) is 16.1 Å². The Labute approximate surface area is 238 Å². The molecule has 1 aliphatic carbocycles. The van der Waals surface area contributed by atoms with Crippen molar-refractivity contribution in [3.63, 3.8) is 0 Å². The van der Waals surface area contributed by atoms with Gasteiger partial charge >= 0.3 is 5.97 Å². The van der Waals surface area contributed by atoms with Gasteiger partial charge in [-0.1, -0.05) is 59.6 Å². The first-order valence-electron chi connectivity index (χ1n) is 11.7. The van der Waals surface area contributed by atoms with Crippen LogP contribution in [0.2, 0.25) is 10.0 Å². The molecule has 5 nitrogen and oxygen atoms in total. The molecule has 0 saturated carbocycles. The molecule has 1 aliphatic heterocycles. The number of halogens is 3. The van der Waals surface area contributed by atoms with Crippen LogP contribution in [0.3, 0.4) is 0 Å². The first-order chi connectivity index (χ1) is 17.8. The summed E-state index contributed by atoms with van der Waals surface area (Å²) in [6.07, 6.45) is 0. The standard InChI is InChI=1S/C29H22Cl2INO4/c1-3-36-29(35)24-15(2)33-27-18-6-4-5-7-19(18)28(34)26(27)25(24)17-9-11-23(22(32)13-17)37-14-16-8-10-20(30)21(31)12-16/h4-13,25,33H,3,14H2,1-2H3/t25-/m1/s1. The minimum absolute atomic E-state index is 0.0904. The van der Waals surface area contributed by atoms with Crippen molar-refractivity contribution in [1.82, 2.24) is 5.32 Å². The van der Waals surface area contributed by atoms with Crippen molar-refractivity contribution in [3.8, 4) is 5.75 Å². The molecule has 0 fully saturated rings. The van der Waals surface area contributed by atoms with Crippen LogP contribution in [0.15, 0.2) is 77.5 Å². The van der Waals surface area contributed by atoms with E-state index in [0.717, 1.165) is 26.0 Å².